The summed E-state index contributed by atoms with van der Waals surface area (Å²) >= 11 is 0. The van der Waals surface area contributed by atoms with E-state index in [1.54, 1.807) is 13.1 Å². The lowest BCUT2D eigenvalue weighted by Gasteiger charge is -2.21. The Bertz CT molecular complexity index is 184. The number of hydrogen-bond acceptors (Lipinski definition) is 3. The van der Waals surface area contributed by atoms with Crippen LogP contribution in [0, 0.1) is 5.41 Å². The minimum Gasteiger partial charge on any atom is -0.393 e. The summed E-state index contributed by atoms with van der Waals surface area (Å²) in [6.07, 6.45) is 1.79. The lowest BCUT2D eigenvalue weighted by molar-refractivity contribution is -0.649. The third kappa shape index (κ3) is 2.32. The number of ether oxygens (including phenoxy) is 1. The maximum absolute atomic E-state index is 7.18. The molecule has 4 nitrogen and oxygen atoms in total. The monoisotopic (exact) mass is 156 g/mol. The Balaban J connectivity index is 2.27. The lowest BCUT2D eigenvalue weighted by atomic mass is 10.2. The first kappa shape index (κ1) is 8.23. The van der Waals surface area contributed by atoms with Crippen LogP contribution in [0.4, 0.5) is 0 Å². The van der Waals surface area contributed by atoms with Crippen molar-refractivity contribution in [1.29, 1.82) is 5.41 Å². The summed E-state index contributed by atoms with van der Waals surface area (Å²) in [5.41, 5.74) is 6.46. The van der Waals surface area contributed by atoms with Crippen molar-refractivity contribution in [2.24, 2.45) is 5.73 Å². The van der Waals surface area contributed by atoms with Gasteiger partial charge in [0.15, 0.2) is 0 Å². The molecule has 0 amide bonds. The van der Waals surface area contributed by atoms with Gasteiger partial charge in [0.25, 0.3) is 0 Å². The van der Waals surface area contributed by atoms with Crippen LogP contribution in [-0.2, 0) is 4.74 Å². The van der Waals surface area contributed by atoms with Crippen molar-refractivity contribution in [3.63, 3.8) is 0 Å². The number of rotatable bonds is 3. The molecule has 0 radical (unpaired) electrons. The third-order valence-corrected chi connectivity index (χ3v) is 1.64. The van der Waals surface area contributed by atoms with E-state index in [1.807, 2.05) is 5.32 Å². The fourth-order valence-electron chi connectivity index (χ4n) is 0.730. The Morgan fingerprint density at radius 3 is 2.73 bits per heavy atom. The molecule has 0 saturated carbocycles. The largest absolute Gasteiger partial charge is 0.393 e. The van der Waals surface area contributed by atoms with Crippen LogP contribution < -0.4 is 11.1 Å². The Morgan fingerprint density at radius 2 is 2.36 bits per heavy atom. The molecule has 4 heteroatoms. The molecule has 1 heterocycles. The lowest BCUT2D eigenvalue weighted by Crippen LogP contribution is -2.90. The molecule has 1 aliphatic heterocycles. The average molecular weight is 156 g/mol. The highest BCUT2D eigenvalue weighted by Crippen LogP contribution is 1.93. The van der Waals surface area contributed by atoms with Gasteiger partial charge in [-0.25, -0.2) is 0 Å². The summed E-state index contributed by atoms with van der Waals surface area (Å²) in [5.74, 6) is 0. The average Bonchev–Trinajstić information content (AvgIpc) is 1.83. The zero-order chi connectivity index (χ0) is 8.27. The molecule has 1 fully saturated rings. The summed E-state index contributed by atoms with van der Waals surface area (Å²) in [5, 5.41) is 9.17. The first-order valence-corrected chi connectivity index (χ1v) is 3.64. The van der Waals surface area contributed by atoms with E-state index in [2.05, 4.69) is 0 Å². The maximum atomic E-state index is 7.18. The second-order valence-corrected chi connectivity index (χ2v) is 2.74. The molecule has 62 valence electrons. The van der Waals surface area contributed by atoms with Crippen LogP contribution in [0.1, 0.15) is 6.92 Å². The van der Waals surface area contributed by atoms with Crippen LogP contribution in [0.15, 0.2) is 11.9 Å². The molecule has 0 aromatic heterocycles. The fourth-order valence-corrected chi connectivity index (χ4v) is 0.730. The van der Waals surface area contributed by atoms with E-state index in [-0.39, 0.29) is 0 Å². The topological polar surface area (TPSA) is 75.7 Å². The van der Waals surface area contributed by atoms with Gasteiger partial charge in [-0.2, -0.15) is 0 Å². The highest BCUT2D eigenvalue weighted by Gasteiger charge is 2.20. The first-order valence-electron chi connectivity index (χ1n) is 3.64. The van der Waals surface area contributed by atoms with E-state index in [0.717, 1.165) is 13.2 Å². The SMILES string of the molecule is CC(=N)C(N)=C[NH2+]C1COC1. The molecule has 0 aromatic rings. The molecule has 0 spiro atoms. The van der Waals surface area contributed by atoms with Crippen LogP contribution >= 0.6 is 0 Å². The summed E-state index contributed by atoms with van der Waals surface area (Å²) in [4.78, 5) is 0. The van der Waals surface area contributed by atoms with Crippen molar-refractivity contribution in [3.8, 4) is 0 Å². The van der Waals surface area contributed by atoms with Gasteiger partial charge in [-0.3, -0.25) is 0 Å². The quantitative estimate of drug-likeness (QED) is 0.448. The van der Waals surface area contributed by atoms with Gasteiger partial charge in [0.1, 0.15) is 31.2 Å². The molecule has 0 aromatic carbocycles. The fraction of sp³-hybridized carbons (Fsp3) is 0.571. The van der Waals surface area contributed by atoms with Crippen LogP contribution in [0.25, 0.3) is 0 Å². The molecule has 0 atom stereocenters. The number of quaternary nitrogens is 1. The van der Waals surface area contributed by atoms with E-state index < -0.39 is 0 Å². The summed E-state index contributed by atoms with van der Waals surface area (Å²) < 4.78 is 4.97. The van der Waals surface area contributed by atoms with Crippen LogP contribution in [0.3, 0.4) is 0 Å². The summed E-state index contributed by atoms with van der Waals surface area (Å²) in [6, 6.07) is 0.507. The van der Waals surface area contributed by atoms with Crippen molar-refractivity contribution >= 4 is 5.71 Å². The van der Waals surface area contributed by atoms with E-state index >= 15 is 0 Å². The Kier molecular flexibility index (Phi) is 2.62. The van der Waals surface area contributed by atoms with Crippen LogP contribution in [0.5, 0.6) is 0 Å². The van der Waals surface area contributed by atoms with Gasteiger partial charge in [0, 0.05) is 0 Å². The number of allylic oxidation sites excluding steroid dienone is 1. The third-order valence-electron chi connectivity index (χ3n) is 1.64. The minimum atomic E-state index is 0.418. The first-order chi connectivity index (χ1) is 5.20. The van der Waals surface area contributed by atoms with E-state index in [9.17, 15) is 0 Å². The predicted molar refractivity (Wildman–Crippen MR) is 42.2 cm³/mol. The number of nitrogens with two attached hydrogens (primary N) is 2. The van der Waals surface area contributed by atoms with Crippen molar-refractivity contribution in [2.45, 2.75) is 13.0 Å². The van der Waals surface area contributed by atoms with Gasteiger partial charge in [-0.1, -0.05) is 0 Å². The highest BCUT2D eigenvalue weighted by atomic mass is 16.5. The van der Waals surface area contributed by atoms with Gasteiger partial charge < -0.3 is 21.2 Å². The molecule has 0 bridgehead atoms. The molecular weight excluding hydrogens is 142 g/mol. The minimum absolute atomic E-state index is 0.418. The zero-order valence-corrected chi connectivity index (χ0v) is 6.63. The Labute approximate surface area is 65.9 Å². The van der Waals surface area contributed by atoms with Gasteiger partial charge in [-0.05, 0) is 6.92 Å². The van der Waals surface area contributed by atoms with Gasteiger partial charge in [-0.15, -0.1) is 0 Å². The molecule has 1 aliphatic rings. The van der Waals surface area contributed by atoms with Crippen molar-refractivity contribution in [1.82, 2.24) is 0 Å². The maximum Gasteiger partial charge on any atom is 0.137 e. The standard InChI is InChI=1S/C7H13N3O/c1-5(8)7(9)2-10-6-3-11-4-6/h2,6,8,10H,3-4,9H2,1H3/p+1. The molecule has 0 unspecified atom stereocenters. The smallest absolute Gasteiger partial charge is 0.137 e. The number of nitrogens with one attached hydrogen (secondary N) is 1. The second kappa shape index (κ2) is 3.50. The predicted octanol–water partition coefficient (Wildman–Crippen LogP) is -1.21. The second-order valence-electron chi connectivity index (χ2n) is 2.74. The number of hydrogen-bond donors (Lipinski definition) is 3. The molecule has 0 aliphatic carbocycles. The molecule has 1 rings (SSSR count). The Morgan fingerprint density at radius 1 is 1.73 bits per heavy atom. The normalized spacial score (nSPS) is 19.5. The van der Waals surface area contributed by atoms with E-state index in [4.69, 9.17) is 15.9 Å². The van der Waals surface area contributed by atoms with Crippen LogP contribution in [0.2, 0.25) is 0 Å². The van der Waals surface area contributed by atoms with E-state index in [0.29, 0.717) is 17.5 Å². The summed E-state index contributed by atoms with van der Waals surface area (Å²) in [6.45, 7) is 3.26. The van der Waals surface area contributed by atoms with Gasteiger partial charge >= 0.3 is 0 Å². The zero-order valence-electron chi connectivity index (χ0n) is 6.63. The molecule has 1 saturated heterocycles. The Hall–Kier alpha value is -0.870. The summed E-state index contributed by atoms with van der Waals surface area (Å²) in [7, 11) is 0. The van der Waals surface area contributed by atoms with Crippen LogP contribution in [-0.4, -0.2) is 25.0 Å². The van der Waals surface area contributed by atoms with Crippen molar-refractivity contribution < 1.29 is 10.1 Å². The van der Waals surface area contributed by atoms with E-state index in [1.165, 1.54) is 0 Å². The molecular formula is C7H14N3O+. The highest BCUT2D eigenvalue weighted by molar-refractivity contribution is 5.94. The molecule has 11 heavy (non-hydrogen) atoms. The van der Waals surface area contributed by atoms with Crippen molar-refractivity contribution in [3.05, 3.63) is 11.9 Å². The van der Waals surface area contributed by atoms with Gasteiger partial charge in [0.05, 0.1) is 5.71 Å². The van der Waals surface area contributed by atoms with Crippen molar-refractivity contribution in [2.75, 3.05) is 13.2 Å². The molecule has 5 N–H and O–H groups in total. The van der Waals surface area contributed by atoms with Gasteiger partial charge in [0.2, 0.25) is 0 Å².